The molecular formula is C9H21N3OS. The summed E-state index contributed by atoms with van der Waals surface area (Å²) in [6.45, 7) is 4.84. The van der Waals surface area contributed by atoms with Gasteiger partial charge in [-0.3, -0.25) is 0 Å². The highest BCUT2D eigenvalue weighted by Gasteiger charge is 2.08. The van der Waals surface area contributed by atoms with Gasteiger partial charge in [0.2, 0.25) is 0 Å². The highest BCUT2D eigenvalue weighted by molar-refractivity contribution is 7.98. The maximum atomic E-state index is 8.44. The minimum Gasteiger partial charge on any atom is -0.409 e. The maximum absolute atomic E-state index is 8.44. The molecule has 14 heavy (non-hydrogen) atoms. The average molecular weight is 219 g/mol. The third-order valence-electron chi connectivity index (χ3n) is 2.15. The Kier molecular flexibility index (Phi) is 7.70. The van der Waals surface area contributed by atoms with E-state index in [9.17, 15) is 0 Å². The normalized spacial score (nSPS) is 16.6. The van der Waals surface area contributed by atoms with Gasteiger partial charge in [-0.2, -0.15) is 11.8 Å². The van der Waals surface area contributed by atoms with Gasteiger partial charge >= 0.3 is 0 Å². The number of hydrogen-bond acceptors (Lipinski definition) is 4. The summed E-state index contributed by atoms with van der Waals surface area (Å²) in [6.07, 6.45) is 3.25. The van der Waals surface area contributed by atoms with Crippen molar-refractivity contribution in [3.63, 3.8) is 0 Å². The van der Waals surface area contributed by atoms with Crippen molar-refractivity contribution in [3.8, 4) is 0 Å². The molecule has 0 amide bonds. The van der Waals surface area contributed by atoms with Gasteiger partial charge in [-0.15, -0.1) is 0 Å². The molecule has 0 bridgehead atoms. The van der Waals surface area contributed by atoms with Crippen LogP contribution < -0.4 is 11.1 Å². The maximum Gasteiger partial charge on any atom is 0.143 e. The van der Waals surface area contributed by atoms with Gasteiger partial charge in [0.05, 0.1) is 0 Å². The number of rotatable bonds is 7. The van der Waals surface area contributed by atoms with Crippen LogP contribution in [0.25, 0.3) is 0 Å². The van der Waals surface area contributed by atoms with Gasteiger partial charge in [-0.25, -0.2) is 0 Å². The van der Waals surface area contributed by atoms with Gasteiger partial charge in [0.1, 0.15) is 5.84 Å². The lowest BCUT2D eigenvalue weighted by atomic mass is 10.1. The SMILES string of the molecule is CSCCC(C)NCC(C)C(N)=NO. The molecule has 0 aliphatic heterocycles. The van der Waals surface area contributed by atoms with Crippen LogP contribution in [0.1, 0.15) is 20.3 Å². The van der Waals surface area contributed by atoms with E-state index in [4.69, 9.17) is 10.9 Å². The van der Waals surface area contributed by atoms with Crippen LogP contribution in [-0.4, -0.2) is 35.6 Å². The quantitative estimate of drug-likeness (QED) is 0.259. The number of nitrogens with two attached hydrogens (primary N) is 1. The summed E-state index contributed by atoms with van der Waals surface area (Å²) in [5.74, 6) is 1.53. The first-order valence-electron chi connectivity index (χ1n) is 4.81. The van der Waals surface area contributed by atoms with Crippen LogP contribution in [0.3, 0.4) is 0 Å². The fourth-order valence-corrected chi connectivity index (χ4v) is 1.57. The monoisotopic (exact) mass is 219 g/mol. The molecule has 84 valence electrons. The molecule has 0 aliphatic carbocycles. The van der Waals surface area contributed by atoms with E-state index in [0.717, 1.165) is 18.7 Å². The van der Waals surface area contributed by atoms with Crippen LogP contribution in [0.4, 0.5) is 0 Å². The molecule has 0 rings (SSSR count). The topological polar surface area (TPSA) is 70.6 Å². The van der Waals surface area contributed by atoms with Gasteiger partial charge < -0.3 is 16.3 Å². The largest absolute Gasteiger partial charge is 0.409 e. The zero-order valence-electron chi connectivity index (χ0n) is 9.16. The Hall–Kier alpha value is -0.420. The van der Waals surface area contributed by atoms with Crippen molar-refractivity contribution in [3.05, 3.63) is 0 Å². The second-order valence-corrected chi connectivity index (χ2v) is 4.50. The minimum atomic E-state index is 0.0803. The predicted octanol–water partition coefficient (Wildman–Crippen LogP) is 1.10. The first-order chi connectivity index (χ1) is 6.61. The van der Waals surface area contributed by atoms with E-state index >= 15 is 0 Å². The summed E-state index contributed by atoms with van der Waals surface area (Å²) in [5.41, 5.74) is 5.46. The highest BCUT2D eigenvalue weighted by atomic mass is 32.2. The fourth-order valence-electron chi connectivity index (χ4n) is 0.978. The van der Waals surface area contributed by atoms with Crippen LogP contribution in [-0.2, 0) is 0 Å². The van der Waals surface area contributed by atoms with Crippen LogP contribution in [0.2, 0.25) is 0 Å². The fraction of sp³-hybridized carbons (Fsp3) is 0.889. The van der Waals surface area contributed by atoms with Gasteiger partial charge in [0.25, 0.3) is 0 Å². The molecule has 0 aromatic heterocycles. The Morgan fingerprint density at radius 2 is 2.21 bits per heavy atom. The molecule has 0 aliphatic rings. The van der Waals surface area contributed by atoms with Crippen molar-refractivity contribution in [1.29, 1.82) is 0 Å². The van der Waals surface area contributed by atoms with Crippen molar-refractivity contribution in [1.82, 2.24) is 5.32 Å². The Balaban J connectivity index is 3.60. The van der Waals surface area contributed by atoms with Gasteiger partial charge in [0, 0.05) is 18.5 Å². The van der Waals surface area contributed by atoms with Crippen molar-refractivity contribution in [2.45, 2.75) is 26.3 Å². The lowest BCUT2D eigenvalue weighted by Crippen LogP contribution is -2.36. The van der Waals surface area contributed by atoms with Crippen LogP contribution in [0.5, 0.6) is 0 Å². The van der Waals surface area contributed by atoms with Gasteiger partial charge in [-0.05, 0) is 25.4 Å². The lowest BCUT2D eigenvalue weighted by molar-refractivity contribution is 0.313. The van der Waals surface area contributed by atoms with E-state index in [0.29, 0.717) is 6.04 Å². The summed E-state index contributed by atoms with van der Waals surface area (Å²) in [6, 6.07) is 0.483. The Bertz CT molecular complexity index is 175. The number of hydrogen-bond donors (Lipinski definition) is 3. The molecule has 0 heterocycles. The summed E-state index contributed by atoms with van der Waals surface area (Å²) < 4.78 is 0. The zero-order chi connectivity index (χ0) is 11.0. The number of amidine groups is 1. The molecule has 0 radical (unpaired) electrons. The predicted molar refractivity (Wildman–Crippen MR) is 63.0 cm³/mol. The summed E-state index contributed by atoms with van der Waals surface area (Å²) in [4.78, 5) is 0. The smallest absolute Gasteiger partial charge is 0.143 e. The third-order valence-corrected chi connectivity index (χ3v) is 2.79. The standard InChI is InChI=1S/C9H21N3OS/c1-7(9(10)12-13)6-11-8(2)4-5-14-3/h7-8,11,13H,4-6H2,1-3H3,(H2,10,12). The van der Waals surface area contributed by atoms with Gasteiger partial charge in [-0.1, -0.05) is 12.1 Å². The molecule has 0 aromatic rings. The molecule has 0 saturated carbocycles. The summed E-state index contributed by atoms with van der Waals surface area (Å²) in [5, 5.41) is 14.8. The Morgan fingerprint density at radius 1 is 1.57 bits per heavy atom. The van der Waals surface area contributed by atoms with E-state index in [1.54, 1.807) is 0 Å². The summed E-state index contributed by atoms with van der Waals surface area (Å²) in [7, 11) is 0. The second-order valence-electron chi connectivity index (χ2n) is 3.52. The van der Waals surface area contributed by atoms with E-state index in [1.165, 1.54) is 0 Å². The molecule has 0 saturated heterocycles. The number of nitrogens with one attached hydrogen (secondary N) is 1. The van der Waals surface area contributed by atoms with E-state index in [-0.39, 0.29) is 11.8 Å². The molecular weight excluding hydrogens is 198 g/mol. The molecule has 2 unspecified atom stereocenters. The van der Waals surface area contributed by atoms with Crippen molar-refractivity contribution in [2.75, 3.05) is 18.6 Å². The Labute approximate surface area is 90.3 Å². The second kappa shape index (κ2) is 7.94. The van der Waals surface area contributed by atoms with E-state index in [2.05, 4.69) is 23.7 Å². The van der Waals surface area contributed by atoms with Crippen molar-refractivity contribution in [2.24, 2.45) is 16.8 Å². The third kappa shape index (κ3) is 6.10. The average Bonchev–Trinajstić information content (AvgIpc) is 2.21. The molecule has 5 heteroatoms. The molecule has 0 fully saturated rings. The first-order valence-corrected chi connectivity index (χ1v) is 6.21. The highest BCUT2D eigenvalue weighted by Crippen LogP contribution is 2.01. The molecule has 0 spiro atoms. The van der Waals surface area contributed by atoms with Crippen LogP contribution in [0.15, 0.2) is 5.16 Å². The lowest BCUT2D eigenvalue weighted by Gasteiger charge is -2.16. The number of oxime groups is 1. The minimum absolute atomic E-state index is 0.0803. The molecule has 4 N–H and O–H groups in total. The van der Waals surface area contributed by atoms with E-state index in [1.807, 2.05) is 18.7 Å². The van der Waals surface area contributed by atoms with Crippen LogP contribution in [0, 0.1) is 5.92 Å². The van der Waals surface area contributed by atoms with Crippen LogP contribution >= 0.6 is 11.8 Å². The zero-order valence-corrected chi connectivity index (χ0v) is 9.97. The molecule has 2 atom stereocenters. The van der Waals surface area contributed by atoms with Crippen molar-refractivity contribution >= 4 is 17.6 Å². The summed E-state index contributed by atoms with van der Waals surface area (Å²) >= 11 is 1.85. The Morgan fingerprint density at radius 3 is 2.71 bits per heavy atom. The number of thioether (sulfide) groups is 1. The van der Waals surface area contributed by atoms with Gasteiger partial charge in [0.15, 0.2) is 0 Å². The first kappa shape index (κ1) is 13.6. The van der Waals surface area contributed by atoms with E-state index < -0.39 is 0 Å². The number of nitrogens with zero attached hydrogens (tertiary/aromatic N) is 1. The van der Waals surface area contributed by atoms with Crippen molar-refractivity contribution < 1.29 is 5.21 Å². The molecule has 4 nitrogen and oxygen atoms in total. The molecule has 0 aromatic carbocycles.